The average molecular weight is 272 g/mol. The summed E-state index contributed by atoms with van der Waals surface area (Å²) >= 11 is 0. The van der Waals surface area contributed by atoms with Crippen LogP contribution < -0.4 is 10.5 Å². The molecule has 0 saturated heterocycles. The Morgan fingerprint density at radius 3 is 2.67 bits per heavy atom. The zero-order chi connectivity index (χ0) is 13.8. The fourth-order valence-electron chi connectivity index (χ4n) is 1.78. The summed E-state index contributed by atoms with van der Waals surface area (Å²) in [6.07, 6.45) is 0. The van der Waals surface area contributed by atoms with Crippen molar-refractivity contribution in [2.75, 3.05) is 13.7 Å². The van der Waals surface area contributed by atoms with Crippen molar-refractivity contribution in [1.29, 1.82) is 0 Å². The van der Waals surface area contributed by atoms with Crippen LogP contribution in [0.25, 0.3) is 0 Å². The minimum atomic E-state index is -3.53. The van der Waals surface area contributed by atoms with Crippen molar-refractivity contribution < 1.29 is 13.2 Å². The van der Waals surface area contributed by atoms with E-state index in [0.29, 0.717) is 18.7 Å². The number of hydrogen-bond acceptors (Lipinski definition) is 4. The normalized spacial score (nSPS) is 13.6. The van der Waals surface area contributed by atoms with E-state index in [0.717, 1.165) is 5.56 Å². The maximum absolute atomic E-state index is 12.2. The van der Waals surface area contributed by atoms with Crippen molar-refractivity contribution in [2.45, 2.75) is 31.3 Å². The maximum atomic E-state index is 12.2. The number of sulfonamides is 1. The lowest BCUT2D eigenvalue weighted by atomic mass is 10.1. The first-order valence-corrected chi connectivity index (χ1v) is 7.20. The summed E-state index contributed by atoms with van der Waals surface area (Å²) in [4.78, 5) is 0.272. The van der Waals surface area contributed by atoms with Crippen molar-refractivity contribution in [2.24, 2.45) is 5.73 Å². The molecule has 1 aromatic rings. The minimum Gasteiger partial charge on any atom is -0.383 e. The van der Waals surface area contributed by atoms with Crippen LogP contribution in [-0.4, -0.2) is 28.2 Å². The molecule has 0 heterocycles. The number of ether oxygens (including phenoxy) is 1. The van der Waals surface area contributed by atoms with Gasteiger partial charge >= 0.3 is 0 Å². The van der Waals surface area contributed by atoms with E-state index in [-0.39, 0.29) is 10.9 Å². The highest BCUT2D eigenvalue weighted by Gasteiger charge is 2.20. The molecular formula is C12H20N2O3S. The monoisotopic (exact) mass is 272 g/mol. The topological polar surface area (TPSA) is 81.4 Å². The van der Waals surface area contributed by atoms with Gasteiger partial charge in [-0.1, -0.05) is 12.1 Å². The van der Waals surface area contributed by atoms with Crippen LogP contribution in [0.1, 0.15) is 18.1 Å². The molecule has 1 rings (SSSR count). The van der Waals surface area contributed by atoms with Crippen LogP contribution in [0.2, 0.25) is 0 Å². The Morgan fingerprint density at radius 1 is 1.44 bits per heavy atom. The van der Waals surface area contributed by atoms with E-state index in [1.54, 1.807) is 26.0 Å². The molecule has 0 radical (unpaired) electrons. The van der Waals surface area contributed by atoms with E-state index in [1.807, 2.05) is 6.07 Å². The number of nitrogens with one attached hydrogen (secondary N) is 1. The molecule has 1 unspecified atom stereocenters. The van der Waals surface area contributed by atoms with Crippen LogP contribution in [0.3, 0.4) is 0 Å². The second kappa shape index (κ2) is 6.29. The minimum absolute atomic E-state index is 0.272. The van der Waals surface area contributed by atoms with Crippen LogP contribution in [0.15, 0.2) is 23.1 Å². The van der Waals surface area contributed by atoms with Crippen molar-refractivity contribution in [3.8, 4) is 0 Å². The zero-order valence-corrected chi connectivity index (χ0v) is 11.8. The van der Waals surface area contributed by atoms with Crippen LogP contribution in [-0.2, 0) is 21.3 Å². The highest BCUT2D eigenvalue weighted by atomic mass is 32.2. The molecule has 0 aliphatic carbocycles. The van der Waals surface area contributed by atoms with Gasteiger partial charge in [-0.3, -0.25) is 0 Å². The molecule has 0 saturated carbocycles. The fraction of sp³-hybridized carbons (Fsp3) is 0.500. The van der Waals surface area contributed by atoms with E-state index >= 15 is 0 Å². The summed E-state index contributed by atoms with van der Waals surface area (Å²) in [6, 6.07) is 4.83. The molecule has 102 valence electrons. The van der Waals surface area contributed by atoms with Crippen LogP contribution in [0, 0.1) is 6.92 Å². The third-order valence-electron chi connectivity index (χ3n) is 2.68. The predicted octanol–water partition coefficient (Wildman–Crippen LogP) is 0.767. The molecule has 6 heteroatoms. The number of benzene rings is 1. The molecular weight excluding hydrogens is 252 g/mol. The number of rotatable bonds is 6. The van der Waals surface area contributed by atoms with Crippen molar-refractivity contribution in [1.82, 2.24) is 4.72 Å². The van der Waals surface area contributed by atoms with Gasteiger partial charge in [0.15, 0.2) is 0 Å². The first-order valence-electron chi connectivity index (χ1n) is 5.72. The van der Waals surface area contributed by atoms with Gasteiger partial charge in [0.25, 0.3) is 0 Å². The second-order valence-corrected chi connectivity index (χ2v) is 5.90. The van der Waals surface area contributed by atoms with Crippen LogP contribution >= 0.6 is 0 Å². The lowest BCUT2D eigenvalue weighted by Gasteiger charge is -2.15. The van der Waals surface area contributed by atoms with Gasteiger partial charge in [0.1, 0.15) is 0 Å². The van der Waals surface area contributed by atoms with Gasteiger partial charge in [-0.25, -0.2) is 13.1 Å². The third kappa shape index (κ3) is 3.52. The molecule has 5 nitrogen and oxygen atoms in total. The SMILES string of the molecule is COCC(C)NS(=O)(=O)c1cccc(CN)c1C. The van der Waals surface area contributed by atoms with E-state index in [4.69, 9.17) is 10.5 Å². The summed E-state index contributed by atoms with van der Waals surface area (Å²) in [6.45, 7) is 4.17. The lowest BCUT2D eigenvalue weighted by molar-refractivity contribution is 0.180. The first-order chi connectivity index (χ1) is 8.42. The molecule has 18 heavy (non-hydrogen) atoms. The maximum Gasteiger partial charge on any atom is 0.241 e. The van der Waals surface area contributed by atoms with Gasteiger partial charge < -0.3 is 10.5 Å². The first kappa shape index (κ1) is 15.1. The molecule has 1 atom stereocenters. The fourth-order valence-corrected chi connectivity index (χ4v) is 3.30. The smallest absolute Gasteiger partial charge is 0.241 e. The summed E-state index contributed by atoms with van der Waals surface area (Å²) in [5.74, 6) is 0. The van der Waals surface area contributed by atoms with E-state index < -0.39 is 10.0 Å². The molecule has 0 fully saturated rings. The van der Waals surface area contributed by atoms with Crippen molar-refractivity contribution in [3.63, 3.8) is 0 Å². The highest BCUT2D eigenvalue weighted by molar-refractivity contribution is 7.89. The Balaban J connectivity index is 3.05. The standard InChI is InChI=1S/C12H20N2O3S/c1-9(8-17-3)14-18(15,16)12-6-4-5-11(7-13)10(12)2/h4-6,9,14H,7-8,13H2,1-3H3. The van der Waals surface area contributed by atoms with Gasteiger partial charge in [0.2, 0.25) is 10.0 Å². The largest absolute Gasteiger partial charge is 0.383 e. The lowest BCUT2D eigenvalue weighted by Crippen LogP contribution is -2.36. The Kier molecular flexibility index (Phi) is 5.28. The molecule has 0 amide bonds. The Hall–Kier alpha value is -0.950. The van der Waals surface area contributed by atoms with Crippen molar-refractivity contribution >= 4 is 10.0 Å². The Bertz CT molecular complexity index is 500. The third-order valence-corrected chi connectivity index (χ3v) is 4.41. The molecule has 0 bridgehead atoms. The molecule has 0 aromatic heterocycles. The molecule has 3 N–H and O–H groups in total. The van der Waals surface area contributed by atoms with E-state index in [2.05, 4.69) is 4.72 Å². The summed E-state index contributed by atoms with van der Waals surface area (Å²) in [5.41, 5.74) is 7.10. The van der Waals surface area contributed by atoms with Gasteiger partial charge in [-0.2, -0.15) is 0 Å². The average Bonchev–Trinajstić information content (AvgIpc) is 2.28. The molecule has 1 aromatic carbocycles. The predicted molar refractivity (Wildman–Crippen MR) is 70.7 cm³/mol. The van der Waals surface area contributed by atoms with E-state index in [9.17, 15) is 8.42 Å². The summed E-state index contributed by atoms with van der Waals surface area (Å²) < 4.78 is 31.9. The number of hydrogen-bond donors (Lipinski definition) is 2. The van der Waals surface area contributed by atoms with Gasteiger partial charge in [0.05, 0.1) is 11.5 Å². The van der Waals surface area contributed by atoms with Crippen molar-refractivity contribution in [3.05, 3.63) is 29.3 Å². The Labute approximate surface area is 108 Å². The quantitative estimate of drug-likeness (QED) is 0.801. The molecule has 0 spiro atoms. The Morgan fingerprint density at radius 2 is 2.11 bits per heavy atom. The molecule has 0 aliphatic rings. The van der Waals surface area contributed by atoms with Crippen LogP contribution in [0.5, 0.6) is 0 Å². The number of methoxy groups -OCH3 is 1. The van der Waals surface area contributed by atoms with Gasteiger partial charge in [-0.05, 0) is 31.0 Å². The van der Waals surface area contributed by atoms with Crippen LogP contribution in [0.4, 0.5) is 0 Å². The van der Waals surface area contributed by atoms with Gasteiger partial charge in [0, 0.05) is 19.7 Å². The van der Waals surface area contributed by atoms with E-state index in [1.165, 1.54) is 7.11 Å². The zero-order valence-electron chi connectivity index (χ0n) is 10.9. The second-order valence-electron chi connectivity index (χ2n) is 4.22. The summed E-state index contributed by atoms with van der Waals surface area (Å²) in [5, 5.41) is 0. The number of nitrogens with two attached hydrogens (primary N) is 1. The molecule has 0 aliphatic heterocycles. The van der Waals surface area contributed by atoms with Gasteiger partial charge in [-0.15, -0.1) is 0 Å². The highest BCUT2D eigenvalue weighted by Crippen LogP contribution is 2.18. The summed E-state index contributed by atoms with van der Waals surface area (Å²) in [7, 11) is -2.00.